The standard InChI is InChI=1S/C29H26Cl2N2O3S2/c1-20-17-21(19-37-24-7-4-3-5-8-24)11-16-28(20)32-29(34)22-12-14-23(15-13-22)33(38(2,35)36)18-25-26(30)9-6-10-27(25)31/h3-17H,18-19H2,1-2H3,(H,32,34). The summed E-state index contributed by atoms with van der Waals surface area (Å²) in [6, 6.07) is 27.6. The molecule has 0 aliphatic heterocycles. The third-order valence-electron chi connectivity index (χ3n) is 5.87. The number of sulfonamides is 1. The van der Waals surface area contributed by atoms with Crippen LogP contribution < -0.4 is 9.62 Å². The van der Waals surface area contributed by atoms with Gasteiger partial charge in [-0.1, -0.05) is 59.6 Å². The van der Waals surface area contributed by atoms with Crippen LogP contribution in [-0.4, -0.2) is 20.6 Å². The lowest BCUT2D eigenvalue weighted by molar-refractivity contribution is 0.102. The van der Waals surface area contributed by atoms with Gasteiger partial charge in [-0.05, 0) is 72.6 Å². The van der Waals surface area contributed by atoms with Crippen LogP contribution in [0.2, 0.25) is 10.0 Å². The smallest absolute Gasteiger partial charge is 0.255 e. The van der Waals surface area contributed by atoms with Crippen molar-refractivity contribution in [2.45, 2.75) is 24.1 Å². The molecule has 0 radical (unpaired) electrons. The third-order valence-corrected chi connectivity index (χ3v) is 8.80. The highest BCUT2D eigenvalue weighted by Gasteiger charge is 2.21. The van der Waals surface area contributed by atoms with Gasteiger partial charge in [-0.15, -0.1) is 11.8 Å². The molecule has 0 aromatic heterocycles. The van der Waals surface area contributed by atoms with Gasteiger partial charge in [0.05, 0.1) is 18.5 Å². The lowest BCUT2D eigenvalue weighted by atomic mass is 10.1. The summed E-state index contributed by atoms with van der Waals surface area (Å²) in [6.45, 7) is 1.93. The molecular formula is C29H26Cl2N2O3S2. The molecule has 4 aromatic rings. The number of aryl methyl sites for hydroxylation is 1. The SMILES string of the molecule is Cc1cc(CSc2ccccc2)ccc1NC(=O)c1ccc(N(Cc2c(Cl)cccc2Cl)S(C)(=O)=O)cc1. The number of nitrogens with one attached hydrogen (secondary N) is 1. The van der Waals surface area contributed by atoms with E-state index in [0.717, 1.165) is 28.8 Å². The summed E-state index contributed by atoms with van der Waals surface area (Å²) >= 11 is 14.3. The number of hydrogen-bond acceptors (Lipinski definition) is 4. The Balaban J connectivity index is 1.45. The van der Waals surface area contributed by atoms with Gasteiger partial charge in [0.25, 0.3) is 5.91 Å². The topological polar surface area (TPSA) is 66.5 Å². The average molecular weight is 586 g/mol. The summed E-state index contributed by atoms with van der Waals surface area (Å²) in [5, 5.41) is 3.70. The Hall–Kier alpha value is -2.97. The summed E-state index contributed by atoms with van der Waals surface area (Å²) in [4.78, 5) is 14.1. The molecule has 0 saturated heterocycles. The molecule has 4 rings (SSSR count). The fourth-order valence-corrected chi connectivity index (χ4v) is 6.09. The van der Waals surface area contributed by atoms with Crippen LogP contribution in [0.4, 0.5) is 11.4 Å². The highest BCUT2D eigenvalue weighted by Crippen LogP contribution is 2.30. The van der Waals surface area contributed by atoms with Crippen molar-refractivity contribution in [3.63, 3.8) is 0 Å². The van der Waals surface area contributed by atoms with Crippen molar-refractivity contribution >= 4 is 62.3 Å². The molecule has 1 amide bonds. The first-order valence-corrected chi connectivity index (χ1v) is 15.3. The van der Waals surface area contributed by atoms with E-state index in [-0.39, 0.29) is 12.5 Å². The number of amides is 1. The normalized spacial score (nSPS) is 11.3. The molecule has 38 heavy (non-hydrogen) atoms. The zero-order chi connectivity index (χ0) is 27.3. The zero-order valence-electron chi connectivity index (χ0n) is 20.8. The maximum absolute atomic E-state index is 12.9. The van der Waals surface area contributed by atoms with E-state index in [9.17, 15) is 13.2 Å². The van der Waals surface area contributed by atoms with E-state index in [1.807, 2.05) is 37.3 Å². The second kappa shape index (κ2) is 12.3. The Morgan fingerprint density at radius 2 is 1.55 bits per heavy atom. The Kier molecular flexibility index (Phi) is 9.05. The van der Waals surface area contributed by atoms with Gasteiger partial charge in [0.2, 0.25) is 10.0 Å². The Morgan fingerprint density at radius 1 is 0.895 bits per heavy atom. The fourth-order valence-electron chi connectivity index (χ4n) is 3.84. The predicted molar refractivity (Wildman–Crippen MR) is 159 cm³/mol. The lowest BCUT2D eigenvalue weighted by Gasteiger charge is -2.23. The number of nitrogens with zero attached hydrogens (tertiary/aromatic N) is 1. The largest absolute Gasteiger partial charge is 0.322 e. The number of anilines is 2. The number of carbonyl (C=O) groups excluding carboxylic acids is 1. The van der Waals surface area contributed by atoms with E-state index < -0.39 is 10.0 Å². The van der Waals surface area contributed by atoms with Crippen molar-refractivity contribution in [2.24, 2.45) is 0 Å². The molecule has 0 atom stereocenters. The van der Waals surface area contributed by atoms with E-state index in [1.54, 1.807) is 54.2 Å². The molecule has 196 valence electrons. The van der Waals surface area contributed by atoms with E-state index in [4.69, 9.17) is 23.2 Å². The number of halogens is 2. The van der Waals surface area contributed by atoms with Crippen LogP contribution in [0.5, 0.6) is 0 Å². The summed E-state index contributed by atoms with van der Waals surface area (Å²) in [6.07, 6.45) is 1.11. The van der Waals surface area contributed by atoms with Crippen molar-refractivity contribution in [3.8, 4) is 0 Å². The summed E-state index contributed by atoms with van der Waals surface area (Å²) < 4.78 is 26.3. The van der Waals surface area contributed by atoms with Crippen LogP contribution in [-0.2, 0) is 22.3 Å². The predicted octanol–water partition coefficient (Wildman–Crippen LogP) is 7.81. The molecule has 0 aliphatic rings. The quantitative estimate of drug-likeness (QED) is 0.204. The second-order valence-corrected chi connectivity index (χ2v) is 12.5. The van der Waals surface area contributed by atoms with Crippen molar-refractivity contribution in [1.82, 2.24) is 0 Å². The van der Waals surface area contributed by atoms with Crippen LogP contribution in [0.1, 0.15) is 27.0 Å². The molecule has 0 bridgehead atoms. The van der Waals surface area contributed by atoms with Crippen molar-refractivity contribution < 1.29 is 13.2 Å². The van der Waals surface area contributed by atoms with Gasteiger partial charge < -0.3 is 5.32 Å². The molecule has 5 nitrogen and oxygen atoms in total. The summed E-state index contributed by atoms with van der Waals surface area (Å²) in [5.41, 5.74) is 4.15. The number of benzene rings is 4. The van der Waals surface area contributed by atoms with Gasteiger partial charge in [0, 0.05) is 37.5 Å². The van der Waals surface area contributed by atoms with Crippen molar-refractivity contribution in [1.29, 1.82) is 0 Å². The minimum Gasteiger partial charge on any atom is -0.322 e. The highest BCUT2D eigenvalue weighted by molar-refractivity contribution is 7.98. The molecule has 0 spiro atoms. The van der Waals surface area contributed by atoms with Gasteiger partial charge in [-0.2, -0.15) is 0 Å². The van der Waals surface area contributed by atoms with Crippen molar-refractivity contribution in [3.05, 3.63) is 123 Å². The first kappa shape index (κ1) is 28.0. The Bertz CT molecular complexity index is 1520. The zero-order valence-corrected chi connectivity index (χ0v) is 24.0. The summed E-state index contributed by atoms with van der Waals surface area (Å²) in [5.74, 6) is 0.544. The van der Waals surface area contributed by atoms with Crippen LogP contribution >= 0.6 is 35.0 Å². The van der Waals surface area contributed by atoms with Gasteiger partial charge in [0.15, 0.2) is 0 Å². The van der Waals surface area contributed by atoms with E-state index in [1.165, 1.54) is 9.20 Å². The van der Waals surface area contributed by atoms with E-state index in [2.05, 4.69) is 23.5 Å². The van der Waals surface area contributed by atoms with Gasteiger partial charge in [-0.25, -0.2) is 8.42 Å². The maximum atomic E-state index is 12.9. The maximum Gasteiger partial charge on any atom is 0.255 e. The molecule has 4 aromatic carbocycles. The molecule has 0 fully saturated rings. The van der Waals surface area contributed by atoms with Gasteiger partial charge in [-0.3, -0.25) is 9.10 Å². The minimum absolute atomic E-state index is 0.0308. The lowest BCUT2D eigenvalue weighted by Crippen LogP contribution is -2.29. The van der Waals surface area contributed by atoms with Crippen LogP contribution in [0, 0.1) is 6.92 Å². The van der Waals surface area contributed by atoms with Crippen LogP contribution in [0.25, 0.3) is 0 Å². The van der Waals surface area contributed by atoms with Gasteiger partial charge >= 0.3 is 0 Å². The molecule has 0 heterocycles. The Labute approximate surface area is 237 Å². The third kappa shape index (κ3) is 7.11. The number of hydrogen-bond donors (Lipinski definition) is 1. The fraction of sp³-hybridized carbons (Fsp3) is 0.138. The number of rotatable bonds is 9. The highest BCUT2D eigenvalue weighted by atomic mass is 35.5. The van der Waals surface area contributed by atoms with Crippen LogP contribution in [0.15, 0.2) is 95.9 Å². The molecular weight excluding hydrogens is 559 g/mol. The van der Waals surface area contributed by atoms with Crippen LogP contribution in [0.3, 0.4) is 0 Å². The first-order valence-electron chi connectivity index (χ1n) is 11.7. The minimum atomic E-state index is -3.65. The summed E-state index contributed by atoms with van der Waals surface area (Å²) in [7, 11) is -3.65. The monoisotopic (exact) mass is 584 g/mol. The number of thioether (sulfide) groups is 1. The van der Waals surface area contributed by atoms with E-state index >= 15 is 0 Å². The average Bonchev–Trinajstić information content (AvgIpc) is 2.89. The first-order chi connectivity index (χ1) is 18.1. The molecule has 0 saturated carbocycles. The second-order valence-electron chi connectivity index (χ2n) is 8.72. The van der Waals surface area contributed by atoms with Crippen molar-refractivity contribution in [2.75, 3.05) is 15.9 Å². The Morgan fingerprint density at radius 3 is 2.16 bits per heavy atom. The number of carbonyl (C=O) groups is 1. The van der Waals surface area contributed by atoms with E-state index in [0.29, 0.717) is 26.9 Å². The molecule has 0 unspecified atom stereocenters. The molecule has 0 aliphatic carbocycles. The molecule has 1 N–H and O–H groups in total. The molecule has 9 heteroatoms. The van der Waals surface area contributed by atoms with Gasteiger partial charge in [0.1, 0.15) is 0 Å².